The molecule has 3 aromatic rings. The van der Waals surface area contributed by atoms with Gasteiger partial charge in [-0.1, -0.05) is 0 Å². The van der Waals surface area contributed by atoms with Crippen LogP contribution in [0, 0.1) is 6.92 Å². The molecule has 0 saturated carbocycles. The molecule has 0 amide bonds. The van der Waals surface area contributed by atoms with Crippen molar-refractivity contribution in [1.29, 1.82) is 0 Å². The number of nitrogen functional groups attached to an aromatic ring is 1. The highest BCUT2D eigenvalue weighted by Crippen LogP contribution is 2.18. The second-order valence-corrected chi connectivity index (χ2v) is 3.53. The van der Waals surface area contributed by atoms with Gasteiger partial charge in [-0.05, 0) is 19.1 Å². The predicted octanol–water partition coefficient (Wildman–Crippen LogP) is 0.496. The molecule has 0 aliphatic heterocycles. The summed E-state index contributed by atoms with van der Waals surface area (Å²) in [5.74, 6) is 1.61. The molecule has 3 aromatic heterocycles. The highest BCUT2D eigenvalue weighted by atomic mass is 15.4. The van der Waals surface area contributed by atoms with Crippen molar-refractivity contribution in [3.8, 4) is 5.82 Å². The molecule has 0 bridgehead atoms. The Hall–Kier alpha value is -2.57. The summed E-state index contributed by atoms with van der Waals surface area (Å²) >= 11 is 0. The van der Waals surface area contributed by atoms with Crippen molar-refractivity contribution in [2.45, 2.75) is 6.92 Å². The second kappa shape index (κ2) is 3.48. The lowest BCUT2D eigenvalue weighted by Gasteiger charge is -2.01. The van der Waals surface area contributed by atoms with Crippen LogP contribution in [-0.4, -0.2) is 29.9 Å². The quantitative estimate of drug-likeness (QED) is 0.650. The Kier molecular flexibility index (Phi) is 1.97. The maximum absolute atomic E-state index is 5.81. The van der Waals surface area contributed by atoms with Crippen LogP contribution in [0.5, 0.6) is 0 Å². The third kappa shape index (κ3) is 1.48. The zero-order valence-corrected chi connectivity index (χ0v) is 9.07. The molecule has 0 aromatic carbocycles. The number of fused-ring (bicyclic) bond motifs is 1. The normalized spacial score (nSPS) is 10.9. The largest absolute Gasteiger partial charge is 0.383 e. The molecular weight excluding hydrogens is 218 g/mol. The van der Waals surface area contributed by atoms with E-state index in [1.165, 1.54) is 0 Å². The van der Waals surface area contributed by atoms with E-state index in [1.807, 2.05) is 0 Å². The molecule has 0 aliphatic rings. The van der Waals surface area contributed by atoms with E-state index < -0.39 is 0 Å². The maximum atomic E-state index is 5.81. The first kappa shape index (κ1) is 9.64. The van der Waals surface area contributed by atoms with Crippen LogP contribution in [0.3, 0.4) is 0 Å². The number of aromatic nitrogens is 6. The van der Waals surface area contributed by atoms with E-state index in [2.05, 4.69) is 25.3 Å². The minimum Gasteiger partial charge on any atom is -0.383 e. The third-order valence-corrected chi connectivity index (χ3v) is 2.34. The first-order valence-corrected chi connectivity index (χ1v) is 5.01. The predicted molar refractivity (Wildman–Crippen MR) is 61.4 cm³/mol. The van der Waals surface area contributed by atoms with Crippen LogP contribution in [0.1, 0.15) is 5.82 Å². The average Bonchev–Trinajstić information content (AvgIpc) is 2.74. The molecule has 0 aliphatic carbocycles. The lowest BCUT2D eigenvalue weighted by molar-refractivity contribution is 0.824. The average molecular weight is 227 g/mol. The highest BCUT2D eigenvalue weighted by Gasteiger charge is 2.11. The van der Waals surface area contributed by atoms with Gasteiger partial charge in [-0.15, -0.1) is 5.10 Å². The molecule has 3 rings (SSSR count). The molecule has 2 N–H and O–H groups in total. The highest BCUT2D eigenvalue weighted by molar-refractivity contribution is 5.85. The summed E-state index contributed by atoms with van der Waals surface area (Å²) < 4.78 is 1.59. The number of hydrogen-bond donors (Lipinski definition) is 1. The standard InChI is InChI=1S/C10H9N7/c1-6-14-9(11)7-5-13-17(10(7)15-6)8-3-2-4-12-16-8/h2-5H,1H3,(H2,11,14,15). The van der Waals surface area contributed by atoms with Gasteiger partial charge in [0.25, 0.3) is 0 Å². The Morgan fingerprint density at radius 2 is 2.18 bits per heavy atom. The number of anilines is 1. The summed E-state index contributed by atoms with van der Waals surface area (Å²) in [6.07, 6.45) is 3.22. The number of nitrogens with zero attached hydrogens (tertiary/aromatic N) is 6. The molecule has 7 nitrogen and oxygen atoms in total. The van der Waals surface area contributed by atoms with Gasteiger partial charge in [0.15, 0.2) is 11.5 Å². The molecule has 0 atom stereocenters. The van der Waals surface area contributed by atoms with E-state index >= 15 is 0 Å². The van der Waals surface area contributed by atoms with E-state index in [9.17, 15) is 0 Å². The lowest BCUT2D eigenvalue weighted by Crippen LogP contribution is -2.03. The van der Waals surface area contributed by atoms with E-state index in [4.69, 9.17) is 5.73 Å². The Balaban J connectivity index is 2.32. The number of hydrogen-bond acceptors (Lipinski definition) is 6. The van der Waals surface area contributed by atoms with Crippen LogP contribution in [0.2, 0.25) is 0 Å². The Morgan fingerprint density at radius 1 is 1.29 bits per heavy atom. The lowest BCUT2D eigenvalue weighted by atomic mass is 10.4. The smallest absolute Gasteiger partial charge is 0.178 e. The van der Waals surface area contributed by atoms with Crippen LogP contribution < -0.4 is 5.73 Å². The summed E-state index contributed by atoms with van der Waals surface area (Å²) in [5.41, 5.74) is 6.44. The monoisotopic (exact) mass is 227 g/mol. The minimum atomic E-state index is 0.419. The fraction of sp³-hybridized carbons (Fsp3) is 0.100. The van der Waals surface area contributed by atoms with E-state index in [-0.39, 0.29) is 0 Å². The van der Waals surface area contributed by atoms with Gasteiger partial charge in [0.2, 0.25) is 0 Å². The van der Waals surface area contributed by atoms with Gasteiger partial charge in [0.05, 0.1) is 11.6 Å². The zero-order valence-electron chi connectivity index (χ0n) is 9.07. The van der Waals surface area contributed by atoms with Gasteiger partial charge >= 0.3 is 0 Å². The van der Waals surface area contributed by atoms with E-state index in [0.717, 1.165) is 0 Å². The Morgan fingerprint density at radius 3 is 2.94 bits per heavy atom. The van der Waals surface area contributed by atoms with Gasteiger partial charge in [-0.3, -0.25) is 0 Å². The van der Waals surface area contributed by atoms with Gasteiger partial charge in [-0.25, -0.2) is 9.97 Å². The van der Waals surface area contributed by atoms with E-state index in [1.54, 1.807) is 36.1 Å². The second-order valence-electron chi connectivity index (χ2n) is 3.53. The van der Waals surface area contributed by atoms with Crippen molar-refractivity contribution >= 4 is 16.9 Å². The first-order chi connectivity index (χ1) is 8.25. The zero-order chi connectivity index (χ0) is 11.8. The van der Waals surface area contributed by atoms with Gasteiger partial charge in [0.1, 0.15) is 11.6 Å². The van der Waals surface area contributed by atoms with Crippen LogP contribution in [-0.2, 0) is 0 Å². The molecule has 0 spiro atoms. The minimum absolute atomic E-state index is 0.419. The molecule has 0 radical (unpaired) electrons. The fourth-order valence-electron chi connectivity index (χ4n) is 1.62. The van der Waals surface area contributed by atoms with Gasteiger partial charge in [0, 0.05) is 6.20 Å². The van der Waals surface area contributed by atoms with Crippen molar-refractivity contribution in [3.05, 3.63) is 30.4 Å². The van der Waals surface area contributed by atoms with Crippen LogP contribution in [0.15, 0.2) is 24.5 Å². The van der Waals surface area contributed by atoms with E-state index in [0.29, 0.717) is 28.5 Å². The summed E-state index contributed by atoms with van der Waals surface area (Å²) in [6.45, 7) is 1.78. The van der Waals surface area contributed by atoms with Crippen molar-refractivity contribution < 1.29 is 0 Å². The summed E-state index contributed by atoms with van der Waals surface area (Å²) in [4.78, 5) is 8.40. The molecule has 3 heterocycles. The molecule has 0 saturated heterocycles. The molecule has 0 fully saturated rings. The van der Waals surface area contributed by atoms with Crippen molar-refractivity contribution in [2.24, 2.45) is 0 Å². The summed E-state index contributed by atoms with van der Waals surface area (Å²) in [6, 6.07) is 3.58. The van der Waals surface area contributed by atoms with Crippen molar-refractivity contribution in [2.75, 3.05) is 5.73 Å². The molecule has 17 heavy (non-hydrogen) atoms. The molecular formula is C10H9N7. The maximum Gasteiger partial charge on any atom is 0.178 e. The molecule has 7 heteroatoms. The first-order valence-electron chi connectivity index (χ1n) is 5.01. The van der Waals surface area contributed by atoms with Crippen LogP contribution >= 0.6 is 0 Å². The van der Waals surface area contributed by atoms with Gasteiger partial charge in [-0.2, -0.15) is 14.9 Å². The number of aryl methyl sites for hydroxylation is 1. The van der Waals surface area contributed by atoms with Crippen molar-refractivity contribution in [1.82, 2.24) is 29.9 Å². The van der Waals surface area contributed by atoms with Gasteiger partial charge < -0.3 is 5.73 Å². The summed E-state index contributed by atoms with van der Waals surface area (Å²) in [7, 11) is 0. The SMILES string of the molecule is Cc1nc(N)c2cnn(-c3cccnn3)c2n1. The van der Waals surface area contributed by atoms with Crippen LogP contribution in [0.4, 0.5) is 5.82 Å². The molecule has 84 valence electrons. The van der Waals surface area contributed by atoms with Crippen molar-refractivity contribution in [3.63, 3.8) is 0 Å². The Labute approximate surface area is 96.3 Å². The fourth-order valence-corrected chi connectivity index (χ4v) is 1.62. The Bertz CT molecular complexity index is 674. The van der Waals surface area contributed by atoms with Crippen LogP contribution in [0.25, 0.3) is 16.9 Å². The number of nitrogens with two attached hydrogens (primary N) is 1. The molecule has 0 unspecified atom stereocenters. The topological polar surface area (TPSA) is 95.4 Å². The third-order valence-electron chi connectivity index (χ3n) is 2.34. The summed E-state index contributed by atoms with van der Waals surface area (Å²) in [5, 5.41) is 12.7. The number of rotatable bonds is 1.